The number of hydrogen-bond donors (Lipinski definition) is 1. The van der Waals surface area contributed by atoms with E-state index in [1.165, 1.54) is 16.7 Å². The third kappa shape index (κ3) is 4.33. The second kappa shape index (κ2) is 7.28. The van der Waals surface area contributed by atoms with Gasteiger partial charge in [-0.15, -0.1) is 0 Å². The van der Waals surface area contributed by atoms with Gasteiger partial charge in [-0.2, -0.15) is 0 Å². The third-order valence-corrected chi connectivity index (χ3v) is 3.57. The topological polar surface area (TPSA) is 21.3 Å². The van der Waals surface area contributed by atoms with Gasteiger partial charge in [0.2, 0.25) is 0 Å². The average molecular weight is 283 g/mol. The Balaban J connectivity index is 2.22. The highest BCUT2D eigenvalue weighted by molar-refractivity contribution is 5.37. The number of hydrogen-bond acceptors (Lipinski definition) is 2. The molecule has 0 bridgehead atoms. The van der Waals surface area contributed by atoms with Crippen LogP contribution in [0, 0.1) is 6.92 Å². The summed E-state index contributed by atoms with van der Waals surface area (Å²) in [5.74, 6) is 0.971. The molecular formula is C19H25NO. The zero-order chi connectivity index (χ0) is 15.2. The molecule has 21 heavy (non-hydrogen) atoms. The van der Waals surface area contributed by atoms with Crippen LogP contribution in [0.1, 0.15) is 36.6 Å². The Morgan fingerprint density at radius 2 is 1.67 bits per heavy atom. The predicted molar refractivity (Wildman–Crippen MR) is 88.9 cm³/mol. The molecule has 0 aromatic heterocycles. The van der Waals surface area contributed by atoms with E-state index >= 15 is 0 Å². The van der Waals surface area contributed by atoms with Gasteiger partial charge in [-0.05, 0) is 45.9 Å². The Morgan fingerprint density at radius 1 is 1.00 bits per heavy atom. The maximum atomic E-state index is 5.94. The van der Waals surface area contributed by atoms with E-state index in [0.717, 1.165) is 12.2 Å². The minimum atomic E-state index is 0.183. The SMILES string of the molecule is CNC(Cc1ccc(C)cc1)c1ccccc1OC(C)C. The molecule has 1 atom stereocenters. The molecule has 2 aromatic rings. The molecule has 0 aliphatic heterocycles. The van der Waals surface area contributed by atoms with Crippen molar-refractivity contribution in [3.8, 4) is 5.75 Å². The maximum absolute atomic E-state index is 5.94. The first kappa shape index (κ1) is 15.6. The largest absolute Gasteiger partial charge is 0.491 e. The fraction of sp³-hybridized carbons (Fsp3) is 0.368. The molecule has 0 fully saturated rings. The number of aryl methyl sites for hydroxylation is 1. The van der Waals surface area contributed by atoms with Crippen LogP contribution >= 0.6 is 0 Å². The summed E-state index contributed by atoms with van der Waals surface area (Å²) < 4.78 is 5.94. The smallest absolute Gasteiger partial charge is 0.124 e. The lowest BCUT2D eigenvalue weighted by Crippen LogP contribution is -2.20. The van der Waals surface area contributed by atoms with Gasteiger partial charge in [-0.3, -0.25) is 0 Å². The Labute approximate surface area is 128 Å². The predicted octanol–water partition coefficient (Wildman–Crippen LogP) is 4.29. The molecule has 0 amide bonds. The van der Waals surface area contributed by atoms with E-state index in [4.69, 9.17) is 4.74 Å². The molecule has 0 saturated carbocycles. The zero-order valence-electron chi connectivity index (χ0n) is 13.4. The van der Waals surface area contributed by atoms with Crippen LogP contribution in [0.15, 0.2) is 48.5 Å². The van der Waals surface area contributed by atoms with Gasteiger partial charge >= 0.3 is 0 Å². The fourth-order valence-corrected chi connectivity index (χ4v) is 2.46. The highest BCUT2D eigenvalue weighted by atomic mass is 16.5. The zero-order valence-corrected chi connectivity index (χ0v) is 13.4. The molecular weight excluding hydrogens is 258 g/mol. The molecule has 0 saturated heterocycles. The first-order chi connectivity index (χ1) is 10.1. The van der Waals surface area contributed by atoms with Crippen molar-refractivity contribution in [1.29, 1.82) is 0 Å². The maximum Gasteiger partial charge on any atom is 0.124 e. The molecule has 2 aromatic carbocycles. The molecule has 0 aliphatic carbocycles. The number of para-hydroxylation sites is 1. The van der Waals surface area contributed by atoms with Gasteiger partial charge in [-0.1, -0.05) is 48.0 Å². The van der Waals surface area contributed by atoms with Crippen LogP contribution in [-0.2, 0) is 6.42 Å². The molecule has 1 unspecified atom stereocenters. The molecule has 2 nitrogen and oxygen atoms in total. The quantitative estimate of drug-likeness (QED) is 0.854. The van der Waals surface area contributed by atoms with Crippen molar-refractivity contribution in [2.45, 2.75) is 39.3 Å². The van der Waals surface area contributed by atoms with Crippen LogP contribution in [0.4, 0.5) is 0 Å². The van der Waals surface area contributed by atoms with Gasteiger partial charge < -0.3 is 10.1 Å². The highest BCUT2D eigenvalue weighted by Crippen LogP contribution is 2.28. The van der Waals surface area contributed by atoms with Gasteiger partial charge in [0.1, 0.15) is 5.75 Å². The first-order valence-electron chi connectivity index (χ1n) is 7.58. The summed E-state index contributed by atoms with van der Waals surface area (Å²) in [4.78, 5) is 0. The minimum Gasteiger partial charge on any atom is -0.491 e. The van der Waals surface area contributed by atoms with Crippen molar-refractivity contribution < 1.29 is 4.74 Å². The second-order valence-electron chi connectivity index (χ2n) is 5.74. The molecule has 0 aliphatic rings. The number of nitrogens with one attached hydrogen (secondary N) is 1. The van der Waals surface area contributed by atoms with Crippen molar-refractivity contribution in [2.24, 2.45) is 0 Å². The van der Waals surface area contributed by atoms with Crippen LogP contribution in [-0.4, -0.2) is 13.2 Å². The van der Waals surface area contributed by atoms with E-state index in [1.807, 2.05) is 13.1 Å². The molecule has 112 valence electrons. The normalized spacial score (nSPS) is 12.4. The number of benzene rings is 2. The van der Waals surface area contributed by atoms with Crippen molar-refractivity contribution in [2.75, 3.05) is 7.05 Å². The summed E-state index contributed by atoms with van der Waals surface area (Å²) in [7, 11) is 2.00. The summed E-state index contributed by atoms with van der Waals surface area (Å²) in [6, 6.07) is 17.3. The molecule has 1 N–H and O–H groups in total. The van der Waals surface area contributed by atoms with E-state index in [0.29, 0.717) is 0 Å². The standard InChI is InChI=1S/C19H25NO/c1-14(2)21-19-8-6-5-7-17(19)18(20-4)13-16-11-9-15(3)10-12-16/h5-12,14,18,20H,13H2,1-4H3. The van der Waals surface area contributed by atoms with Gasteiger partial charge in [0.05, 0.1) is 6.10 Å². The average Bonchev–Trinajstić information content (AvgIpc) is 2.47. The van der Waals surface area contributed by atoms with Crippen LogP contribution in [0.25, 0.3) is 0 Å². The monoisotopic (exact) mass is 283 g/mol. The van der Waals surface area contributed by atoms with E-state index in [1.54, 1.807) is 0 Å². The van der Waals surface area contributed by atoms with Crippen LogP contribution in [0.2, 0.25) is 0 Å². The van der Waals surface area contributed by atoms with Crippen molar-refractivity contribution in [3.05, 3.63) is 65.2 Å². The highest BCUT2D eigenvalue weighted by Gasteiger charge is 2.15. The summed E-state index contributed by atoms with van der Waals surface area (Å²) in [6.07, 6.45) is 1.14. The Hall–Kier alpha value is -1.80. The van der Waals surface area contributed by atoms with Crippen molar-refractivity contribution in [3.63, 3.8) is 0 Å². The Morgan fingerprint density at radius 3 is 2.29 bits per heavy atom. The lowest BCUT2D eigenvalue weighted by molar-refractivity contribution is 0.238. The van der Waals surface area contributed by atoms with Crippen molar-refractivity contribution >= 4 is 0 Å². The van der Waals surface area contributed by atoms with E-state index in [9.17, 15) is 0 Å². The Bertz CT molecular complexity index is 560. The van der Waals surface area contributed by atoms with Gasteiger partial charge in [-0.25, -0.2) is 0 Å². The van der Waals surface area contributed by atoms with E-state index in [2.05, 4.69) is 68.6 Å². The second-order valence-corrected chi connectivity index (χ2v) is 5.74. The number of likely N-dealkylation sites (N-methyl/N-ethyl adjacent to an activating group) is 1. The van der Waals surface area contributed by atoms with Crippen LogP contribution in [0.5, 0.6) is 5.75 Å². The van der Waals surface area contributed by atoms with Gasteiger partial charge in [0, 0.05) is 11.6 Å². The van der Waals surface area contributed by atoms with E-state index < -0.39 is 0 Å². The van der Waals surface area contributed by atoms with Crippen molar-refractivity contribution in [1.82, 2.24) is 5.32 Å². The third-order valence-electron chi connectivity index (χ3n) is 3.57. The van der Waals surface area contributed by atoms with Crippen LogP contribution in [0.3, 0.4) is 0 Å². The Kier molecular flexibility index (Phi) is 5.40. The lowest BCUT2D eigenvalue weighted by Gasteiger charge is -2.21. The molecule has 0 heterocycles. The number of ether oxygens (including phenoxy) is 1. The summed E-state index contributed by atoms with van der Waals surface area (Å²) in [6.45, 7) is 6.24. The summed E-state index contributed by atoms with van der Waals surface area (Å²) >= 11 is 0. The first-order valence-corrected chi connectivity index (χ1v) is 7.58. The number of rotatable bonds is 6. The molecule has 0 radical (unpaired) electrons. The molecule has 0 spiro atoms. The molecule has 2 rings (SSSR count). The van der Waals surface area contributed by atoms with Gasteiger partial charge in [0.15, 0.2) is 0 Å². The van der Waals surface area contributed by atoms with Gasteiger partial charge in [0.25, 0.3) is 0 Å². The van der Waals surface area contributed by atoms with E-state index in [-0.39, 0.29) is 12.1 Å². The molecule has 2 heteroatoms. The minimum absolute atomic E-state index is 0.183. The lowest BCUT2D eigenvalue weighted by atomic mass is 9.97. The fourth-order valence-electron chi connectivity index (χ4n) is 2.46. The summed E-state index contributed by atoms with van der Waals surface area (Å²) in [5, 5.41) is 3.42. The van der Waals surface area contributed by atoms with Crippen LogP contribution < -0.4 is 10.1 Å². The summed E-state index contributed by atoms with van der Waals surface area (Å²) in [5.41, 5.74) is 3.84.